The molecule has 2 amide bonds. The van der Waals surface area contributed by atoms with Gasteiger partial charge in [-0.05, 0) is 50.6 Å². The highest BCUT2D eigenvalue weighted by molar-refractivity contribution is 5.99. The van der Waals surface area contributed by atoms with Crippen LogP contribution < -0.4 is 4.90 Å². The molecule has 4 rings (SSSR count). The van der Waals surface area contributed by atoms with Gasteiger partial charge in [0.1, 0.15) is 0 Å². The number of aliphatic hydroxyl groups excluding tert-OH is 1. The van der Waals surface area contributed by atoms with Gasteiger partial charge in [-0.15, -0.1) is 0 Å². The molecule has 2 unspecified atom stereocenters. The van der Waals surface area contributed by atoms with Gasteiger partial charge >= 0.3 is 6.03 Å². The SMILES string of the molecule is CN1C2CCC1[C@@H](CCO)N(C(=O)N(c1ccccc1)c1ccccc1)C2. The Bertz CT molecular complexity index is 728. The van der Waals surface area contributed by atoms with E-state index in [0.717, 1.165) is 24.2 Å². The highest BCUT2D eigenvalue weighted by Gasteiger charge is 2.46. The molecule has 2 aromatic rings. The van der Waals surface area contributed by atoms with Gasteiger partial charge in [0.25, 0.3) is 0 Å². The van der Waals surface area contributed by atoms with Crippen LogP contribution in [0.15, 0.2) is 60.7 Å². The first-order valence-electron chi connectivity index (χ1n) is 9.74. The fraction of sp³-hybridized carbons (Fsp3) is 0.409. The molecule has 2 aromatic carbocycles. The molecule has 2 saturated heterocycles. The van der Waals surface area contributed by atoms with Crippen LogP contribution in [0.3, 0.4) is 0 Å². The Morgan fingerprint density at radius 2 is 1.63 bits per heavy atom. The van der Waals surface area contributed by atoms with Gasteiger partial charge < -0.3 is 10.0 Å². The molecule has 5 heteroatoms. The first-order valence-corrected chi connectivity index (χ1v) is 9.74. The van der Waals surface area contributed by atoms with E-state index < -0.39 is 0 Å². The fourth-order valence-corrected chi connectivity index (χ4v) is 4.65. The maximum atomic E-state index is 13.8. The van der Waals surface area contributed by atoms with Crippen molar-refractivity contribution >= 4 is 17.4 Å². The van der Waals surface area contributed by atoms with Crippen molar-refractivity contribution in [2.45, 2.75) is 37.4 Å². The number of fused-ring (bicyclic) bond motifs is 2. The summed E-state index contributed by atoms with van der Waals surface area (Å²) in [6, 6.07) is 20.4. The smallest absolute Gasteiger partial charge is 0.329 e. The molecule has 3 atom stereocenters. The van der Waals surface area contributed by atoms with E-state index in [1.807, 2.05) is 65.6 Å². The largest absolute Gasteiger partial charge is 0.396 e. The van der Waals surface area contributed by atoms with Crippen LogP contribution in [0.1, 0.15) is 19.3 Å². The number of carbonyl (C=O) groups is 1. The van der Waals surface area contributed by atoms with Gasteiger partial charge in [0.15, 0.2) is 0 Å². The standard InChI is InChI=1S/C22H27N3O2/c1-23-19-12-13-20(23)21(14-15-26)24(16-19)22(27)25(17-8-4-2-5-9-17)18-10-6-3-7-11-18/h2-11,19-21,26H,12-16H2,1H3/t19?,20?,21-/m1/s1. The lowest BCUT2D eigenvalue weighted by Crippen LogP contribution is -2.62. The predicted octanol–water partition coefficient (Wildman–Crippen LogP) is 3.47. The van der Waals surface area contributed by atoms with Gasteiger partial charge in [-0.3, -0.25) is 9.80 Å². The maximum absolute atomic E-state index is 13.8. The van der Waals surface area contributed by atoms with Crippen LogP contribution in [0.2, 0.25) is 0 Å². The number of piperazine rings is 1. The normalized spacial score (nSPS) is 24.8. The summed E-state index contributed by atoms with van der Waals surface area (Å²) in [7, 11) is 2.15. The quantitative estimate of drug-likeness (QED) is 0.902. The zero-order valence-electron chi connectivity index (χ0n) is 15.7. The van der Waals surface area contributed by atoms with E-state index >= 15 is 0 Å². The molecule has 2 heterocycles. The van der Waals surface area contributed by atoms with Gasteiger partial charge in [0, 0.05) is 25.2 Å². The number of benzene rings is 2. The molecule has 0 spiro atoms. The van der Waals surface area contributed by atoms with Crippen molar-refractivity contribution in [3.8, 4) is 0 Å². The number of hydrogen-bond donors (Lipinski definition) is 1. The van der Waals surface area contributed by atoms with Crippen molar-refractivity contribution in [2.75, 3.05) is 25.1 Å². The molecular weight excluding hydrogens is 338 g/mol. The van der Waals surface area contributed by atoms with E-state index in [1.165, 1.54) is 0 Å². The topological polar surface area (TPSA) is 47.0 Å². The van der Waals surface area contributed by atoms with Gasteiger partial charge in [-0.1, -0.05) is 36.4 Å². The molecule has 0 radical (unpaired) electrons. The molecular formula is C22H27N3O2. The van der Waals surface area contributed by atoms with Crippen molar-refractivity contribution in [2.24, 2.45) is 0 Å². The third-order valence-electron chi connectivity index (χ3n) is 6.04. The third kappa shape index (κ3) is 3.33. The van der Waals surface area contributed by atoms with E-state index in [-0.39, 0.29) is 18.7 Å². The second kappa shape index (κ2) is 7.71. The van der Waals surface area contributed by atoms with Crippen LogP contribution in [0, 0.1) is 0 Å². The minimum atomic E-state index is -0.00384. The van der Waals surface area contributed by atoms with Crippen molar-refractivity contribution in [1.82, 2.24) is 9.80 Å². The first-order chi connectivity index (χ1) is 13.2. The average molecular weight is 365 g/mol. The second-order valence-corrected chi connectivity index (χ2v) is 7.49. The number of urea groups is 1. The number of anilines is 2. The average Bonchev–Trinajstić information content (AvgIpc) is 2.94. The number of carbonyl (C=O) groups excluding carboxylic acids is 1. The first kappa shape index (κ1) is 18.0. The van der Waals surface area contributed by atoms with Crippen molar-refractivity contribution < 1.29 is 9.90 Å². The number of rotatable bonds is 4. The van der Waals surface area contributed by atoms with E-state index in [0.29, 0.717) is 25.0 Å². The van der Waals surface area contributed by atoms with Crippen LogP contribution in [0.5, 0.6) is 0 Å². The molecule has 5 nitrogen and oxygen atoms in total. The Kier molecular flexibility index (Phi) is 5.14. The Hall–Kier alpha value is -2.37. The fourth-order valence-electron chi connectivity index (χ4n) is 4.65. The van der Waals surface area contributed by atoms with Crippen LogP contribution >= 0.6 is 0 Å². The molecule has 142 valence electrons. The van der Waals surface area contributed by atoms with E-state index in [4.69, 9.17) is 0 Å². The summed E-state index contributed by atoms with van der Waals surface area (Å²) in [5.74, 6) is 0. The molecule has 2 aliphatic heterocycles. The number of likely N-dealkylation sites (N-methyl/N-ethyl adjacent to an activating group) is 1. The van der Waals surface area contributed by atoms with Crippen LogP contribution in [0.4, 0.5) is 16.2 Å². The number of nitrogens with zero attached hydrogens (tertiary/aromatic N) is 3. The Balaban J connectivity index is 1.71. The number of aliphatic hydroxyl groups is 1. The summed E-state index contributed by atoms with van der Waals surface area (Å²) in [6.07, 6.45) is 2.82. The third-order valence-corrected chi connectivity index (χ3v) is 6.04. The molecule has 0 aliphatic carbocycles. The molecule has 2 fully saturated rings. The van der Waals surface area contributed by atoms with Gasteiger partial charge in [-0.25, -0.2) is 4.79 Å². The molecule has 27 heavy (non-hydrogen) atoms. The maximum Gasteiger partial charge on any atom is 0.329 e. The zero-order valence-corrected chi connectivity index (χ0v) is 15.7. The minimum Gasteiger partial charge on any atom is -0.396 e. The van der Waals surface area contributed by atoms with Gasteiger partial charge in [0.05, 0.1) is 17.4 Å². The lowest BCUT2D eigenvalue weighted by Gasteiger charge is -2.46. The predicted molar refractivity (Wildman–Crippen MR) is 107 cm³/mol. The monoisotopic (exact) mass is 365 g/mol. The van der Waals surface area contributed by atoms with Crippen molar-refractivity contribution in [3.05, 3.63) is 60.7 Å². The van der Waals surface area contributed by atoms with Crippen LogP contribution in [0.25, 0.3) is 0 Å². The van der Waals surface area contributed by atoms with E-state index in [2.05, 4.69) is 11.9 Å². The summed E-state index contributed by atoms with van der Waals surface area (Å²) >= 11 is 0. The highest BCUT2D eigenvalue weighted by atomic mass is 16.3. The molecule has 2 bridgehead atoms. The Morgan fingerprint density at radius 1 is 1.04 bits per heavy atom. The molecule has 0 aromatic heterocycles. The molecule has 1 N–H and O–H groups in total. The van der Waals surface area contributed by atoms with E-state index in [9.17, 15) is 9.90 Å². The molecule has 0 saturated carbocycles. The zero-order chi connectivity index (χ0) is 18.8. The van der Waals surface area contributed by atoms with Crippen molar-refractivity contribution in [3.63, 3.8) is 0 Å². The lowest BCUT2D eigenvalue weighted by molar-refractivity contribution is 0.0456. The lowest BCUT2D eigenvalue weighted by atomic mass is 10.0. The minimum absolute atomic E-state index is 0.00384. The number of hydrogen-bond acceptors (Lipinski definition) is 3. The summed E-state index contributed by atoms with van der Waals surface area (Å²) in [5, 5.41) is 9.63. The second-order valence-electron chi connectivity index (χ2n) is 7.49. The van der Waals surface area contributed by atoms with Gasteiger partial charge in [-0.2, -0.15) is 0 Å². The summed E-state index contributed by atoms with van der Waals surface area (Å²) in [4.78, 5) is 20.0. The summed E-state index contributed by atoms with van der Waals surface area (Å²) in [6.45, 7) is 0.812. The Morgan fingerprint density at radius 3 is 2.19 bits per heavy atom. The number of para-hydroxylation sites is 2. The van der Waals surface area contributed by atoms with E-state index in [1.54, 1.807) is 4.90 Å². The number of likely N-dealkylation sites (tertiary alicyclic amines) is 1. The Labute approximate surface area is 160 Å². The van der Waals surface area contributed by atoms with Crippen molar-refractivity contribution in [1.29, 1.82) is 0 Å². The number of amides is 2. The molecule has 2 aliphatic rings. The van der Waals surface area contributed by atoms with Crippen LogP contribution in [-0.2, 0) is 0 Å². The van der Waals surface area contributed by atoms with Gasteiger partial charge in [0.2, 0.25) is 0 Å². The van der Waals surface area contributed by atoms with Crippen LogP contribution in [-0.4, -0.2) is 59.3 Å². The summed E-state index contributed by atoms with van der Waals surface area (Å²) < 4.78 is 0. The summed E-state index contributed by atoms with van der Waals surface area (Å²) in [5.41, 5.74) is 1.73. The highest BCUT2D eigenvalue weighted by Crippen LogP contribution is 2.36.